The van der Waals surface area contributed by atoms with Gasteiger partial charge in [-0.15, -0.1) is 0 Å². The molecule has 2 bridgehead atoms. The van der Waals surface area contributed by atoms with E-state index in [4.69, 9.17) is 9.47 Å². The highest BCUT2D eigenvalue weighted by atomic mass is 16.7. The Morgan fingerprint density at radius 2 is 2.15 bits per heavy atom. The molecule has 3 saturated heterocycles. The maximum Gasteiger partial charge on any atom is 0.218 e. The van der Waals surface area contributed by atoms with Crippen molar-refractivity contribution in [3.05, 3.63) is 35.9 Å². The molecule has 4 heteroatoms. The van der Waals surface area contributed by atoms with Crippen LogP contribution in [-0.2, 0) is 14.3 Å². The largest absolute Gasteiger partial charge is 0.363 e. The van der Waals surface area contributed by atoms with E-state index in [-0.39, 0.29) is 29.8 Å². The van der Waals surface area contributed by atoms with Crippen LogP contribution in [0.5, 0.6) is 0 Å². The lowest BCUT2D eigenvalue weighted by Crippen LogP contribution is -2.45. The summed E-state index contributed by atoms with van der Waals surface area (Å²) < 4.78 is 11.2. The summed E-state index contributed by atoms with van der Waals surface area (Å²) in [5.41, 5.74) is 2.47. The van der Waals surface area contributed by atoms with Gasteiger partial charge in [0.05, 0.1) is 18.8 Å². The number of carbonyl (C=O) groups is 1. The summed E-state index contributed by atoms with van der Waals surface area (Å²) in [5, 5.41) is 0. The number of rotatable bonds is 0. The second-order valence-corrected chi connectivity index (χ2v) is 5.99. The number of nitrogens with zero attached hydrogens (tertiary/aromatic N) is 1. The van der Waals surface area contributed by atoms with Crippen molar-refractivity contribution in [2.45, 2.75) is 18.4 Å². The molecule has 5 unspecified atom stereocenters. The molecule has 5 rings (SSSR count). The predicted octanol–water partition coefficient (Wildman–Crippen LogP) is 1.46. The Hall–Kier alpha value is -1.65. The van der Waals surface area contributed by atoms with Crippen LogP contribution in [0.4, 0.5) is 5.69 Å². The van der Waals surface area contributed by atoms with E-state index in [0.717, 1.165) is 6.54 Å². The van der Waals surface area contributed by atoms with Crippen LogP contribution in [0.25, 0.3) is 6.08 Å². The molecule has 0 spiro atoms. The number of ether oxygens (including phenoxy) is 2. The second-order valence-electron chi connectivity index (χ2n) is 5.99. The fourth-order valence-electron chi connectivity index (χ4n) is 4.19. The molecule has 0 saturated carbocycles. The molecule has 3 fully saturated rings. The van der Waals surface area contributed by atoms with Crippen LogP contribution in [0.15, 0.2) is 30.3 Å². The molecule has 0 aliphatic carbocycles. The fraction of sp³-hybridized carbons (Fsp3) is 0.438. The minimum absolute atomic E-state index is 0.0436. The van der Waals surface area contributed by atoms with E-state index >= 15 is 0 Å². The Bertz CT molecular complexity index is 626. The second kappa shape index (κ2) is 3.71. The zero-order chi connectivity index (χ0) is 13.3. The van der Waals surface area contributed by atoms with Crippen molar-refractivity contribution in [2.24, 2.45) is 11.8 Å². The van der Waals surface area contributed by atoms with Crippen LogP contribution in [0, 0.1) is 11.8 Å². The standard InChI is InChI=1S/C16H15NO3/c18-15-10-7-17-11-4-2-1-3-9(11)5-6-12(17)14(10)13-8-19-16(15)20-13/h1-6,10,12-14,16H,7-8H2. The van der Waals surface area contributed by atoms with Crippen molar-refractivity contribution >= 4 is 17.5 Å². The molecule has 1 aromatic rings. The highest BCUT2D eigenvalue weighted by Crippen LogP contribution is 2.46. The van der Waals surface area contributed by atoms with Gasteiger partial charge in [0.25, 0.3) is 0 Å². The summed E-state index contributed by atoms with van der Waals surface area (Å²) in [6, 6.07) is 8.63. The molecule has 5 atom stereocenters. The van der Waals surface area contributed by atoms with Gasteiger partial charge in [-0.05, 0) is 11.6 Å². The molecular formula is C16H15NO3. The van der Waals surface area contributed by atoms with Crippen LogP contribution in [0.2, 0.25) is 0 Å². The third-order valence-electron chi connectivity index (χ3n) is 5.07. The first kappa shape index (κ1) is 11.1. The monoisotopic (exact) mass is 269 g/mol. The molecular weight excluding hydrogens is 254 g/mol. The average molecular weight is 269 g/mol. The average Bonchev–Trinajstić information content (AvgIpc) is 3.08. The van der Waals surface area contributed by atoms with Crippen LogP contribution in [-0.4, -0.2) is 37.4 Å². The number of Topliss-reactive ketones (excluding diaryl/α,β-unsaturated/α-hetero) is 1. The first-order valence-corrected chi connectivity index (χ1v) is 7.17. The van der Waals surface area contributed by atoms with E-state index in [1.165, 1.54) is 11.3 Å². The maximum atomic E-state index is 12.4. The molecule has 20 heavy (non-hydrogen) atoms. The van der Waals surface area contributed by atoms with Gasteiger partial charge < -0.3 is 14.4 Å². The minimum atomic E-state index is -0.609. The Morgan fingerprint density at radius 1 is 1.25 bits per heavy atom. The summed E-state index contributed by atoms with van der Waals surface area (Å²) in [4.78, 5) is 14.8. The minimum Gasteiger partial charge on any atom is -0.363 e. The van der Waals surface area contributed by atoms with E-state index in [0.29, 0.717) is 6.61 Å². The SMILES string of the molecule is O=C1C2OCC(O2)C2C1CN1c3ccccc3C=CC21. The van der Waals surface area contributed by atoms with Crippen molar-refractivity contribution in [2.75, 3.05) is 18.1 Å². The lowest BCUT2D eigenvalue weighted by molar-refractivity contribution is -0.162. The molecule has 4 heterocycles. The Kier molecular flexibility index (Phi) is 2.05. The van der Waals surface area contributed by atoms with Gasteiger partial charge in [-0.25, -0.2) is 0 Å². The van der Waals surface area contributed by atoms with Gasteiger partial charge in [-0.2, -0.15) is 0 Å². The van der Waals surface area contributed by atoms with Crippen LogP contribution in [0.3, 0.4) is 0 Å². The number of para-hydroxylation sites is 1. The van der Waals surface area contributed by atoms with E-state index in [2.05, 4.69) is 41.3 Å². The van der Waals surface area contributed by atoms with Crippen molar-refractivity contribution in [3.63, 3.8) is 0 Å². The van der Waals surface area contributed by atoms with E-state index in [1.807, 2.05) is 0 Å². The predicted molar refractivity (Wildman–Crippen MR) is 73.2 cm³/mol. The quantitative estimate of drug-likeness (QED) is 0.715. The molecule has 0 radical (unpaired) electrons. The van der Waals surface area contributed by atoms with Gasteiger partial charge in [0, 0.05) is 24.1 Å². The van der Waals surface area contributed by atoms with Crippen molar-refractivity contribution < 1.29 is 14.3 Å². The van der Waals surface area contributed by atoms with Crippen molar-refractivity contribution in [3.8, 4) is 0 Å². The first-order chi connectivity index (χ1) is 9.83. The van der Waals surface area contributed by atoms with Gasteiger partial charge >= 0.3 is 0 Å². The van der Waals surface area contributed by atoms with Gasteiger partial charge in [0.2, 0.25) is 6.29 Å². The number of hydrogen-bond acceptors (Lipinski definition) is 4. The van der Waals surface area contributed by atoms with E-state index in [1.54, 1.807) is 0 Å². The molecule has 0 amide bonds. The van der Waals surface area contributed by atoms with Crippen molar-refractivity contribution in [1.82, 2.24) is 0 Å². The number of carbonyl (C=O) groups excluding carboxylic acids is 1. The molecule has 4 nitrogen and oxygen atoms in total. The Morgan fingerprint density at radius 3 is 3.10 bits per heavy atom. The maximum absolute atomic E-state index is 12.4. The summed E-state index contributed by atoms with van der Waals surface area (Å²) in [6.07, 6.45) is 3.85. The van der Waals surface area contributed by atoms with Gasteiger partial charge in [0.1, 0.15) is 0 Å². The lowest BCUT2D eigenvalue weighted by Gasteiger charge is -2.34. The number of ketones is 1. The van der Waals surface area contributed by atoms with Crippen LogP contribution >= 0.6 is 0 Å². The molecule has 4 aliphatic heterocycles. The number of benzene rings is 1. The number of fused-ring (bicyclic) bond motifs is 8. The van der Waals surface area contributed by atoms with Gasteiger partial charge in [-0.1, -0.05) is 30.4 Å². The van der Waals surface area contributed by atoms with Gasteiger partial charge in [0.15, 0.2) is 5.78 Å². The first-order valence-electron chi connectivity index (χ1n) is 7.17. The topological polar surface area (TPSA) is 38.8 Å². The highest BCUT2D eigenvalue weighted by Gasteiger charge is 2.57. The zero-order valence-corrected chi connectivity index (χ0v) is 10.9. The Balaban J connectivity index is 1.60. The lowest BCUT2D eigenvalue weighted by atomic mass is 9.81. The molecule has 0 N–H and O–H groups in total. The third-order valence-corrected chi connectivity index (χ3v) is 5.07. The Labute approximate surface area is 117 Å². The van der Waals surface area contributed by atoms with Crippen LogP contribution in [0.1, 0.15) is 5.56 Å². The highest BCUT2D eigenvalue weighted by molar-refractivity contribution is 5.88. The normalized spacial score (nSPS) is 40.5. The number of hydrogen-bond donors (Lipinski definition) is 0. The van der Waals surface area contributed by atoms with E-state index < -0.39 is 6.29 Å². The molecule has 102 valence electrons. The van der Waals surface area contributed by atoms with Crippen LogP contribution < -0.4 is 4.90 Å². The third kappa shape index (κ3) is 1.26. The smallest absolute Gasteiger partial charge is 0.218 e. The summed E-state index contributed by atoms with van der Waals surface area (Å²) in [6.45, 7) is 1.34. The van der Waals surface area contributed by atoms with E-state index in [9.17, 15) is 4.79 Å². The summed E-state index contributed by atoms with van der Waals surface area (Å²) >= 11 is 0. The molecule has 4 aliphatic rings. The fourth-order valence-corrected chi connectivity index (χ4v) is 4.19. The summed E-state index contributed by atoms with van der Waals surface area (Å²) in [7, 11) is 0. The van der Waals surface area contributed by atoms with Crippen molar-refractivity contribution in [1.29, 1.82) is 0 Å². The molecule has 0 aromatic heterocycles. The summed E-state index contributed by atoms with van der Waals surface area (Å²) in [5.74, 6) is 0.400. The zero-order valence-electron chi connectivity index (χ0n) is 10.9. The molecule has 1 aromatic carbocycles. The van der Waals surface area contributed by atoms with Gasteiger partial charge in [-0.3, -0.25) is 4.79 Å². The number of anilines is 1.